The first-order chi connectivity index (χ1) is 10.1. The third-order valence-electron chi connectivity index (χ3n) is 3.29. The van der Waals surface area contributed by atoms with E-state index in [-0.39, 0.29) is 5.02 Å². The topological polar surface area (TPSA) is 35.6 Å². The van der Waals surface area contributed by atoms with E-state index in [1.807, 2.05) is 17.8 Å². The summed E-state index contributed by atoms with van der Waals surface area (Å²) in [7, 11) is 1.86. The van der Waals surface area contributed by atoms with Crippen LogP contribution < -0.4 is 0 Å². The molecule has 0 atom stereocenters. The number of aryl methyl sites for hydroxylation is 2. The Balaban J connectivity index is 2.12. The maximum absolute atomic E-state index is 13.6. The molecular weight excluding hydrogens is 314 g/mol. The Labute approximate surface area is 131 Å². The lowest BCUT2D eigenvalue weighted by molar-refractivity contribution is 0.629. The molecule has 2 aromatic heterocycles. The van der Waals surface area contributed by atoms with E-state index in [2.05, 4.69) is 10.1 Å². The highest BCUT2D eigenvalue weighted by molar-refractivity contribution is 6.31. The molecule has 0 spiro atoms. The van der Waals surface area contributed by atoms with Crippen LogP contribution in [0.5, 0.6) is 0 Å². The molecule has 0 saturated heterocycles. The third kappa shape index (κ3) is 2.76. The quantitative estimate of drug-likeness (QED) is 0.689. The highest BCUT2D eigenvalue weighted by Crippen LogP contribution is 2.25. The molecule has 0 N–H and O–H groups in total. The average Bonchev–Trinajstić information content (AvgIpc) is 2.97. The predicted octanol–water partition coefficient (Wildman–Crippen LogP) is 3.39. The second-order valence-electron chi connectivity index (χ2n) is 4.83. The molecule has 2 heterocycles. The first-order valence-corrected chi connectivity index (χ1v) is 7.37. The molecule has 0 saturated carbocycles. The smallest absolute Gasteiger partial charge is 0.144 e. The standard InChI is InChI=1S/C14H13Cl2FN4/c1-20-7-9(6-18-20)8-21-13-4-10(16)11(17)5-12(13)19-14(21)2-3-15/h4-7H,2-3,8H2,1H3. The van der Waals surface area contributed by atoms with Gasteiger partial charge in [-0.1, -0.05) is 11.6 Å². The number of alkyl halides is 1. The molecular formula is C14H13Cl2FN4. The van der Waals surface area contributed by atoms with Gasteiger partial charge in [-0.05, 0) is 6.07 Å². The van der Waals surface area contributed by atoms with Crippen LogP contribution in [0.1, 0.15) is 11.4 Å². The van der Waals surface area contributed by atoms with Crippen LogP contribution in [-0.4, -0.2) is 25.2 Å². The van der Waals surface area contributed by atoms with E-state index in [1.165, 1.54) is 6.07 Å². The van der Waals surface area contributed by atoms with Gasteiger partial charge in [-0.3, -0.25) is 4.68 Å². The summed E-state index contributed by atoms with van der Waals surface area (Å²) in [5.41, 5.74) is 2.42. The molecule has 0 unspecified atom stereocenters. The van der Waals surface area contributed by atoms with Crippen molar-refractivity contribution in [1.82, 2.24) is 19.3 Å². The van der Waals surface area contributed by atoms with Crippen LogP contribution in [0.25, 0.3) is 11.0 Å². The van der Waals surface area contributed by atoms with Crippen LogP contribution in [0.3, 0.4) is 0 Å². The van der Waals surface area contributed by atoms with E-state index in [1.54, 1.807) is 16.9 Å². The van der Waals surface area contributed by atoms with Gasteiger partial charge in [-0.25, -0.2) is 9.37 Å². The lowest BCUT2D eigenvalue weighted by Gasteiger charge is -2.07. The molecule has 0 radical (unpaired) electrons. The molecule has 0 aliphatic rings. The van der Waals surface area contributed by atoms with Crippen molar-refractivity contribution in [3.63, 3.8) is 0 Å². The lowest BCUT2D eigenvalue weighted by Crippen LogP contribution is -2.05. The van der Waals surface area contributed by atoms with Crippen molar-refractivity contribution >= 4 is 34.2 Å². The highest BCUT2D eigenvalue weighted by atomic mass is 35.5. The maximum atomic E-state index is 13.6. The largest absolute Gasteiger partial charge is 0.323 e. The Morgan fingerprint density at radius 3 is 2.81 bits per heavy atom. The van der Waals surface area contributed by atoms with Crippen molar-refractivity contribution in [2.24, 2.45) is 7.05 Å². The van der Waals surface area contributed by atoms with Crippen LogP contribution in [0, 0.1) is 5.82 Å². The summed E-state index contributed by atoms with van der Waals surface area (Å²) in [5, 5.41) is 4.25. The van der Waals surface area contributed by atoms with Crippen molar-refractivity contribution in [2.75, 3.05) is 5.88 Å². The Hall–Kier alpha value is -1.59. The molecule has 0 aliphatic carbocycles. The molecule has 3 rings (SSSR count). The zero-order valence-electron chi connectivity index (χ0n) is 11.4. The number of halogens is 3. The van der Waals surface area contributed by atoms with E-state index >= 15 is 0 Å². The normalized spacial score (nSPS) is 11.4. The summed E-state index contributed by atoms with van der Waals surface area (Å²) in [6, 6.07) is 2.96. The van der Waals surface area contributed by atoms with Gasteiger partial charge < -0.3 is 4.57 Å². The molecule has 7 heteroatoms. The van der Waals surface area contributed by atoms with Gasteiger partial charge in [0.05, 0.1) is 28.8 Å². The second kappa shape index (κ2) is 5.66. The van der Waals surface area contributed by atoms with Crippen molar-refractivity contribution in [1.29, 1.82) is 0 Å². The van der Waals surface area contributed by atoms with Gasteiger partial charge in [0.1, 0.15) is 11.6 Å². The van der Waals surface area contributed by atoms with Gasteiger partial charge in [0.15, 0.2) is 0 Å². The molecule has 4 nitrogen and oxygen atoms in total. The van der Waals surface area contributed by atoms with Crippen LogP contribution in [-0.2, 0) is 20.0 Å². The van der Waals surface area contributed by atoms with Crippen molar-refractivity contribution in [3.8, 4) is 0 Å². The molecule has 0 amide bonds. The van der Waals surface area contributed by atoms with E-state index in [9.17, 15) is 4.39 Å². The Kier molecular flexibility index (Phi) is 3.87. The monoisotopic (exact) mass is 326 g/mol. The van der Waals surface area contributed by atoms with E-state index < -0.39 is 5.82 Å². The fourth-order valence-corrected chi connectivity index (χ4v) is 2.68. The first-order valence-electron chi connectivity index (χ1n) is 6.46. The molecule has 0 fully saturated rings. The number of benzene rings is 1. The van der Waals surface area contributed by atoms with Crippen molar-refractivity contribution in [2.45, 2.75) is 13.0 Å². The summed E-state index contributed by atoms with van der Waals surface area (Å²) in [6.45, 7) is 0.596. The fourth-order valence-electron chi connectivity index (χ4n) is 2.36. The minimum absolute atomic E-state index is 0.0901. The average molecular weight is 327 g/mol. The molecule has 0 aliphatic heterocycles. The minimum Gasteiger partial charge on any atom is -0.323 e. The predicted molar refractivity (Wildman–Crippen MR) is 81.4 cm³/mol. The van der Waals surface area contributed by atoms with Gasteiger partial charge in [0, 0.05) is 37.2 Å². The number of rotatable bonds is 4. The molecule has 21 heavy (non-hydrogen) atoms. The van der Waals surface area contributed by atoms with Gasteiger partial charge >= 0.3 is 0 Å². The third-order valence-corrected chi connectivity index (χ3v) is 3.77. The number of nitrogens with zero attached hydrogens (tertiary/aromatic N) is 4. The van der Waals surface area contributed by atoms with E-state index in [4.69, 9.17) is 23.2 Å². The summed E-state index contributed by atoms with van der Waals surface area (Å²) < 4.78 is 17.3. The maximum Gasteiger partial charge on any atom is 0.144 e. The zero-order chi connectivity index (χ0) is 15.0. The molecule has 0 bridgehead atoms. The van der Waals surface area contributed by atoms with E-state index in [0.717, 1.165) is 16.9 Å². The number of imidazole rings is 1. The van der Waals surface area contributed by atoms with Crippen molar-refractivity contribution < 1.29 is 4.39 Å². The van der Waals surface area contributed by atoms with Crippen LogP contribution in [0.15, 0.2) is 24.5 Å². The minimum atomic E-state index is -0.465. The van der Waals surface area contributed by atoms with Gasteiger partial charge in [0.2, 0.25) is 0 Å². The van der Waals surface area contributed by atoms with E-state index in [0.29, 0.717) is 24.4 Å². The summed E-state index contributed by atoms with van der Waals surface area (Å²) in [6.07, 6.45) is 4.33. The van der Waals surface area contributed by atoms with Crippen LogP contribution in [0.2, 0.25) is 5.02 Å². The number of hydrogen-bond donors (Lipinski definition) is 0. The summed E-state index contributed by atoms with van der Waals surface area (Å²) in [4.78, 5) is 4.46. The second-order valence-corrected chi connectivity index (χ2v) is 5.62. The fraction of sp³-hybridized carbons (Fsp3) is 0.286. The number of aromatic nitrogens is 4. The van der Waals surface area contributed by atoms with Crippen LogP contribution >= 0.6 is 23.2 Å². The Morgan fingerprint density at radius 2 is 2.14 bits per heavy atom. The zero-order valence-corrected chi connectivity index (χ0v) is 12.9. The lowest BCUT2D eigenvalue weighted by atomic mass is 10.3. The van der Waals surface area contributed by atoms with Gasteiger partial charge in [-0.2, -0.15) is 5.10 Å². The van der Waals surface area contributed by atoms with Gasteiger partial charge in [0.25, 0.3) is 0 Å². The molecule has 1 aromatic carbocycles. The Morgan fingerprint density at radius 1 is 1.33 bits per heavy atom. The molecule has 110 valence electrons. The van der Waals surface area contributed by atoms with Gasteiger partial charge in [-0.15, -0.1) is 11.6 Å². The SMILES string of the molecule is Cn1cc(Cn2c(CCCl)nc3cc(F)c(Cl)cc32)cn1. The summed E-state index contributed by atoms with van der Waals surface area (Å²) in [5.74, 6) is 0.796. The summed E-state index contributed by atoms with van der Waals surface area (Å²) >= 11 is 11.7. The van der Waals surface area contributed by atoms with Crippen LogP contribution in [0.4, 0.5) is 4.39 Å². The number of fused-ring (bicyclic) bond motifs is 1. The number of hydrogen-bond acceptors (Lipinski definition) is 2. The first kappa shape index (κ1) is 14.4. The Bertz CT molecular complexity index is 794. The highest BCUT2D eigenvalue weighted by Gasteiger charge is 2.14. The molecule has 3 aromatic rings. The van der Waals surface area contributed by atoms with Crippen molar-refractivity contribution in [3.05, 3.63) is 46.8 Å².